The molecule has 7 heteroatoms. The molecule has 0 radical (unpaired) electrons. The molecule has 0 saturated carbocycles. The number of amides is 2. The van der Waals surface area contributed by atoms with E-state index in [4.69, 9.17) is 4.74 Å². The molecule has 0 heterocycles. The predicted molar refractivity (Wildman–Crippen MR) is 112 cm³/mol. The van der Waals surface area contributed by atoms with Crippen LogP contribution in [0.25, 0.3) is 0 Å². The van der Waals surface area contributed by atoms with Gasteiger partial charge in [-0.15, -0.1) is 0 Å². The normalized spacial score (nSPS) is 11.4. The SMILES string of the molecule is CCc1ccccc1NC(=O)C[NH+](C)CC(=O)Nc1cc(C(=O)OC)ccc1C. The van der Waals surface area contributed by atoms with Crippen molar-refractivity contribution in [2.75, 3.05) is 37.9 Å². The lowest BCUT2D eigenvalue weighted by Gasteiger charge is -2.15. The van der Waals surface area contributed by atoms with E-state index in [2.05, 4.69) is 10.6 Å². The number of carbonyl (C=O) groups excluding carboxylic acids is 3. The Morgan fingerprint density at radius 3 is 2.21 bits per heavy atom. The number of esters is 1. The monoisotopic (exact) mass is 398 g/mol. The molecule has 0 spiro atoms. The van der Waals surface area contributed by atoms with Crippen molar-refractivity contribution in [1.29, 1.82) is 0 Å². The third-order valence-corrected chi connectivity index (χ3v) is 4.53. The number of ether oxygens (including phenoxy) is 1. The van der Waals surface area contributed by atoms with Gasteiger partial charge in [-0.3, -0.25) is 9.59 Å². The third-order valence-electron chi connectivity index (χ3n) is 4.53. The van der Waals surface area contributed by atoms with Crippen LogP contribution in [0.5, 0.6) is 0 Å². The van der Waals surface area contributed by atoms with Crippen molar-refractivity contribution in [3.63, 3.8) is 0 Å². The largest absolute Gasteiger partial charge is 0.465 e. The molecule has 7 nitrogen and oxygen atoms in total. The molecule has 2 aromatic carbocycles. The topological polar surface area (TPSA) is 88.9 Å². The molecular weight excluding hydrogens is 370 g/mol. The first kappa shape index (κ1) is 22.1. The molecule has 0 aliphatic carbocycles. The van der Waals surface area contributed by atoms with Crippen LogP contribution < -0.4 is 15.5 Å². The molecule has 2 amide bonds. The van der Waals surface area contributed by atoms with Gasteiger partial charge in [0.05, 0.1) is 19.7 Å². The maximum absolute atomic E-state index is 12.4. The minimum absolute atomic E-state index is 0.116. The summed E-state index contributed by atoms with van der Waals surface area (Å²) in [5.41, 5.74) is 3.61. The first-order valence-electron chi connectivity index (χ1n) is 9.52. The van der Waals surface area contributed by atoms with Gasteiger partial charge >= 0.3 is 5.97 Å². The molecule has 1 unspecified atom stereocenters. The van der Waals surface area contributed by atoms with E-state index in [9.17, 15) is 14.4 Å². The highest BCUT2D eigenvalue weighted by Crippen LogP contribution is 2.17. The zero-order valence-electron chi connectivity index (χ0n) is 17.3. The summed E-state index contributed by atoms with van der Waals surface area (Å²) in [5, 5.41) is 5.71. The number of carbonyl (C=O) groups is 3. The van der Waals surface area contributed by atoms with Gasteiger partial charge in [0, 0.05) is 11.4 Å². The number of hydrogen-bond acceptors (Lipinski definition) is 4. The summed E-state index contributed by atoms with van der Waals surface area (Å²) < 4.78 is 4.71. The average Bonchev–Trinajstić information content (AvgIpc) is 2.69. The minimum atomic E-state index is -0.465. The van der Waals surface area contributed by atoms with Gasteiger partial charge in [0.25, 0.3) is 11.8 Å². The van der Waals surface area contributed by atoms with E-state index in [-0.39, 0.29) is 24.9 Å². The van der Waals surface area contributed by atoms with E-state index in [1.54, 1.807) is 25.2 Å². The Bertz CT molecular complexity index is 895. The second-order valence-electron chi connectivity index (χ2n) is 6.94. The number of hydrogen-bond donors (Lipinski definition) is 3. The Kier molecular flexibility index (Phi) is 7.91. The number of nitrogens with one attached hydrogen (secondary N) is 3. The van der Waals surface area contributed by atoms with Crippen molar-refractivity contribution in [3.05, 3.63) is 59.2 Å². The van der Waals surface area contributed by atoms with Gasteiger partial charge in [0.15, 0.2) is 13.1 Å². The quantitative estimate of drug-likeness (QED) is 0.587. The van der Waals surface area contributed by atoms with Crippen molar-refractivity contribution in [3.8, 4) is 0 Å². The highest BCUT2D eigenvalue weighted by atomic mass is 16.5. The molecule has 0 aliphatic rings. The van der Waals surface area contributed by atoms with Crippen molar-refractivity contribution >= 4 is 29.2 Å². The van der Waals surface area contributed by atoms with Gasteiger partial charge in [-0.25, -0.2) is 4.79 Å². The third kappa shape index (κ3) is 6.43. The number of quaternary nitrogens is 1. The fourth-order valence-corrected chi connectivity index (χ4v) is 2.95. The van der Waals surface area contributed by atoms with Gasteiger partial charge < -0.3 is 20.3 Å². The van der Waals surface area contributed by atoms with Crippen LogP contribution in [-0.4, -0.2) is 45.0 Å². The molecule has 2 aromatic rings. The van der Waals surface area contributed by atoms with E-state index in [0.717, 1.165) is 28.1 Å². The number of rotatable bonds is 8. The molecule has 0 aromatic heterocycles. The average molecular weight is 398 g/mol. The maximum atomic E-state index is 12.4. The van der Waals surface area contributed by atoms with Gasteiger partial charge in [-0.1, -0.05) is 31.2 Å². The second-order valence-corrected chi connectivity index (χ2v) is 6.94. The lowest BCUT2D eigenvalue weighted by atomic mass is 10.1. The van der Waals surface area contributed by atoms with Crippen LogP contribution in [0.1, 0.15) is 28.4 Å². The Hall–Kier alpha value is -3.19. The Morgan fingerprint density at radius 1 is 0.966 bits per heavy atom. The van der Waals surface area contributed by atoms with Crippen molar-refractivity contribution in [2.24, 2.45) is 0 Å². The fraction of sp³-hybridized carbons (Fsp3) is 0.318. The standard InChI is InChI=1S/C22H27N3O4/c1-5-16-8-6-7-9-18(16)23-20(26)13-25(3)14-21(27)24-19-12-17(22(28)29-4)11-10-15(19)2/h6-12H,5,13-14H2,1-4H3,(H,23,26)(H,24,27)/p+1. The van der Waals surface area contributed by atoms with Crippen LogP contribution in [0, 0.1) is 6.92 Å². The number of benzene rings is 2. The van der Waals surface area contributed by atoms with Crippen LogP contribution in [0.3, 0.4) is 0 Å². The highest BCUT2D eigenvalue weighted by Gasteiger charge is 2.16. The Morgan fingerprint density at radius 2 is 1.59 bits per heavy atom. The molecule has 29 heavy (non-hydrogen) atoms. The first-order chi connectivity index (χ1) is 13.8. The summed E-state index contributed by atoms with van der Waals surface area (Å²) in [7, 11) is 3.09. The second kappa shape index (κ2) is 10.4. The molecule has 3 N–H and O–H groups in total. The van der Waals surface area contributed by atoms with Crippen LogP contribution in [0.15, 0.2) is 42.5 Å². The Balaban J connectivity index is 1.92. The summed E-state index contributed by atoms with van der Waals surface area (Å²) in [6, 6.07) is 12.6. The molecule has 2 rings (SSSR count). The van der Waals surface area contributed by atoms with E-state index in [1.807, 2.05) is 38.1 Å². The number of methoxy groups -OCH3 is 1. The number of anilines is 2. The van der Waals surface area contributed by atoms with E-state index >= 15 is 0 Å². The van der Waals surface area contributed by atoms with Gasteiger partial charge in [0.2, 0.25) is 0 Å². The molecule has 0 bridgehead atoms. The molecule has 1 atom stereocenters. The Labute approximate surface area is 171 Å². The first-order valence-corrected chi connectivity index (χ1v) is 9.52. The fourth-order valence-electron chi connectivity index (χ4n) is 2.95. The summed E-state index contributed by atoms with van der Waals surface area (Å²) in [4.78, 5) is 37.1. The van der Waals surface area contributed by atoms with E-state index in [0.29, 0.717) is 11.3 Å². The summed E-state index contributed by atoms with van der Waals surface area (Å²) in [6.45, 7) is 4.15. The van der Waals surface area contributed by atoms with Crippen molar-refractivity contribution in [1.82, 2.24) is 0 Å². The lowest BCUT2D eigenvalue weighted by molar-refractivity contribution is -0.862. The van der Waals surface area contributed by atoms with Gasteiger partial charge in [0.1, 0.15) is 0 Å². The van der Waals surface area contributed by atoms with Crippen molar-refractivity contribution in [2.45, 2.75) is 20.3 Å². The molecule has 0 aliphatic heterocycles. The minimum Gasteiger partial charge on any atom is -0.465 e. The van der Waals surface area contributed by atoms with Crippen LogP contribution in [-0.2, 0) is 20.7 Å². The number of para-hydroxylation sites is 1. The summed E-state index contributed by atoms with van der Waals surface area (Å²) in [6.07, 6.45) is 0.825. The van der Waals surface area contributed by atoms with E-state index in [1.165, 1.54) is 7.11 Å². The molecule has 0 saturated heterocycles. The zero-order chi connectivity index (χ0) is 21.4. The number of aryl methyl sites for hydroxylation is 2. The van der Waals surface area contributed by atoms with Crippen LogP contribution in [0.4, 0.5) is 11.4 Å². The molecule has 0 fully saturated rings. The van der Waals surface area contributed by atoms with Crippen LogP contribution in [0.2, 0.25) is 0 Å². The zero-order valence-corrected chi connectivity index (χ0v) is 17.3. The lowest BCUT2D eigenvalue weighted by Crippen LogP contribution is -3.11. The van der Waals surface area contributed by atoms with Gasteiger partial charge in [-0.2, -0.15) is 0 Å². The smallest absolute Gasteiger partial charge is 0.337 e. The van der Waals surface area contributed by atoms with Crippen LogP contribution >= 0.6 is 0 Å². The number of likely N-dealkylation sites (N-methyl/N-ethyl adjacent to an activating group) is 1. The molecular formula is C22H28N3O4+. The maximum Gasteiger partial charge on any atom is 0.337 e. The highest BCUT2D eigenvalue weighted by molar-refractivity contribution is 5.96. The summed E-state index contributed by atoms with van der Waals surface area (Å²) in [5.74, 6) is -0.860. The van der Waals surface area contributed by atoms with Crippen molar-refractivity contribution < 1.29 is 24.0 Å². The molecule has 154 valence electrons. The summed E-state index contributed by atoms with van der Waals surface area (Å²) >= 11 is 0. The van der Waals surface area contributed by atoms with Gasteiger partial charge in [-0.05, 0) is 42.7 Å². The predicted octanol–water partition coefficient (Wildman–Crippen LogP) is 1.44. The van der Waals surface area contributed by atoms with E-state index < -0.39 is 5.97 Å².